The highest BCUT2D eigenvalue weighted by Gasteiger charge is 2.01. The molecule has 0 aromatic heterocycles. The van der Waals surface area contributed by atoms with E-state index in [4.69, 9.17) is 0 Å². The van der Waals surface area contributed by atoms with E-state index in [-0.39, 0.29) is 7.43 Å². The van der Waals surface area contributed by atoms with Gasteiger partial charge in [0.1, 0.15) is 0 Å². The van der Waals surface area contributed by atoms with Crippen LogP contribution in [0.25, 0.3) is 0 Å². The molecule has 0 bridgehead atoms. The summed E-state index contributed by atoms with van der Waals surface area (Å²) >= 11 is 0. The standard InChI is InChI=1S/C6H10.C2H6.CH4/c1-6-4-2-3-5-6;1-2;/h1-5H2;1-2H3;1H4. The maximum atomic E-state index is 3.85. The molecule has 0 unspecified atom stereocenters. The van der Waals surface area contributed by atoms with Gasteiger partial charge in [0, 0.05) is 0 Å². The second kappa shape index (κ2) is 7.74. The number of hydrogen-bond acceptors (Lipinski definition) is 0. The SMILES string of the molecule is C.C=C1CCCC1.CC. The highest BCUT2D eigenvalue weighted by atomic mass is 14.1. The Balaban J connectivity index is 0. The van der Waals surface area contributed by atoms with Crippen LogP contribution in [0, 0.1) is 0 Å². The number of hydrogen-bond donors (Lipinski definition) is 0. The molecule has 0 N–H and O–H groups in total. The van der Waals surface area contributed by atoms with Crippen LogP contribution in [0.15, 0.2) is 12.2 Å². The molecule has 0 spiro atoms. The predicted octanol–water partition coefficient (Wildman–Crippen LogP) is 3.78. The van der Waals surface area contributed by atoms with Gasteiger partial charge in [-0.25, -0.2) is 0 Å². The highest BCUT2D eigenvalue weighted by Crippen LogP contribution is 2.20. The Morgan fingerprint density at radius 1 is 1.11 bits per heavy atom. The van der Waals surface area contributed by atoms with E-state index in [2.05, 4.69) is 6.58 Å². The first kappa shape index (κ1) is 11.5. The summed E-state index contributed by atoms with van der Waals surface area (Å²) in [5.41, 5.74) is 1.45. The Morgan fingerprint density at radius 3 is 1.56 bits per heavy atom. The normalized spacial score (nSPS) is 15.6. The molecular formula is C9H20. The van der Waals surface area contributed by atoms with Gasteiger partial charge in [0.15, 0.2) is 0 Å². The van der Waals surface area contributed by atoms with Gasteiger partial charge in [0.2, 0.25) is 0 Å². The first-order valence-corrected chi connectivity index (χ1v) is 3.56. The monoisotopic (exact) mass is 128 g/mol. The lowest BCUT2D eigenvalue weighted by Crippen LogP contribution is -1.59. The molecule has 0 saturated heterocycles. The van der Waals surface area contributed by atoms with E-state index in [1.807, 2.05) is 13.8 Å². The van der Waals surface area contributed by atoms with Crippen molar-refractivity contribution in [3.05, 3.63) is 12.2 Å². The van der Waals surface area contributed by atoms with Crippen molar-refractivity contribution < 1.29 is 0 Å². The van der Waals surface area contributed by atoms with Crippen molar-refractivity contribution in [2.75, 3.05) is 0 Å². The molecule has 0 amide bonds. The highest BCUT2D eigenvalue weighted by molar-refractivity contribution is 4.98. The lowest BCUT2D eigenvalue weighted by molar-refractivity contribution is 0.886. The third-order valence-corrected chi connectivity index (χ3v) is 1.31. The van der Waals surface area contributed by atoms with E-state index >= 15 is 0 Å². The third-order valence-electron chi connectivity index (χ3n) is 1.31. The zero-order valence-electron chi connectivity index (χ0n) is 6.04. The summed E-state index contributed by atoms with van der Waals surface area (Å²) in [6.07, 6.45) is 5.36. The number of rotatable bonds is 0. The minimum absolute atomic E-state index is 0. The second-order valence-corrected chi connectivity index (χ2v) is 1.96. The molecule has 0 nitrogen and oxygen atoms in total. The number of allylic oxidation sites excluding steroid dienone is 1. The van der Waals surface area contributed by atoms with Crippen LogP contribution in [-0.4, -0.2) is 0 Å². The maximum absolute atomic E-state index is 3.85. The van der Waals surface area contributed by atoms with E-state index in [9.17, 15) is 0 Å². The van der Waals surface area contributed by atoms with Crippen LogP contribution >= 0.6 is 0 Å². The molecular weight excluding hydrogens is 108 g/mol. The molecule has 0 heterocycles. The van der Waals surface area contributed by atoms with Crippen molar-refractivity contribution in [3.8, 4) is 0 Å². The Labute approximate surface area is 60.0 Å². The summed E-state index contributed by atoms with van der Waals surface area (Å²) in [4.78, 5) is 0. The Kier molecular flexibility index (Phi) is 9.91. The minimum Gasteiger partial charge on any atom is -0.0999 e. The van der Waals surface area contributed by atoms with Gasteiger partial charge < -0.3 is 0 Å². The summed E-state index contributed by atoms with van der Waals surface area (Å²) < 4.78 is 0. The fourth-order valence-corrected chi connectivity index (χ4v) is 0.875. The molecule has 1 aliphatic rings. The zero-order chi connectivity index (χ0) is 6.41. The van der Waals surface area contributed by atoms with E-state index in [0.29, 0.717) is 0 Å². The van der Waals surface area contributed by atoms with Crippen LogP contribution in [0.5, 0.6) is 0 Å². The van der Waals surface area contributed by atoms with Gasteiger partial charge >= 0.3 is 0 Å². The van der Waals surface area contributed by atoms with Gasteiger partial charge in [0.25, 0.3) is 0 Å². The zero-order valence-corrected chi connectivity index (χ0v) is 6.04. The molecule has 0 aliphatic heterocycles. The van der Waals surface area contributed by atoms with Crippen LogP contribution < -0.4 is 0 Å². The third kappa shape index (κ3) is 5.61. The average Bonchev–Trinajstić information content (AvgIpc) is 2.24. The lowest BCUT2D eigenvalue weighted by Gasteiger charge is -1.80. The molecule has 1 rings (SSSR count). The van der Waals surface area contributed by atoms with E-state index in [0.717, 1.165) is 0 Å². The van der Waals surface area contributed by atoms with Crippen LogP contribution in [0.4, 0.5) is 0 Å². The summed E-state index contributed by atoms with van der Waals surface area (Å²) in [6.45, 7) is 7.85. The molecule has 0 heteroatoms. The Hall–Kier alpha value is -0.260. The first-order chi connectivity index (χ1) is 3.89. The molecule has 0 radical (unpaired) electrons. The first-order valence-electron chi connectivity index (χ1n) is 3.56. The summed E-state index contributed by atoms with van der Waals surface area (Å²) in [7, 11) is 0. The van der Waals surface area contributed by atoms with Crippen molar-refractivity contribution in [1.29, 1.82) is 0 Å². The topological polar surface area (TPSA) is 0 Å². The van der Waals surface area contributed by atoms with Crippen molar-refractivity contribution >= 4 is 0 Å². The smallest absolute Gasteiger partial charge is 0.0323 e. The van der Waals surface area contributed by atoms with Gasteiger partial charge in [-0.15, -0.1) is 0 Å². The van der Waals surface area contributed by atoms with Crippen LogP contribution in [-0.2, 0) is 0 Å². The maximum Gasteiger partial charge on any atom is -0.0323 e. The molecule has 1 aliphatic carbocycles. The van der Waals surface area contributed by atoms with Gasteiger partial charge in [-0.05, 0) is 25.7 Å². The van der Waals surface area contributed by atoms with Gasteiger partial charge in [0.05, 0.1) is 0 Å². The summed E-state index contributed by atoms with van der Waals surface area (Å²) in [6, 6.07) is 0. The second-order valence-electron chi connectivity index (χ2n) is 1.96. The molecule has 0 aromatic rings. The van der Waals surface area contributed by atoms with Crippen LogP contribution in [0.2, 0.25) is 0 Å². The molecule has 9 heavy (non-hydrogen) atoms. The van der Waals surface area contributed by atoms with Crippen molar-refractivity contribution in [2.24, 2.45) is 0 Å². The molecule has 0 atom stereocenters. The van der Waals surface area contributed by atoms with Gasteiger partial charge in [-0.3, -0.25) is 0 Å². The Bertz CT molecular complexity index is 54.4. The predicted molar refractivity (Wildman–Crippen MR) is 45.7 cm³/mol. The fraction of sp³-hybridized carbons (Fsp3) is 0.778. The minimum atomic E-state index is 0. The van der Waals surface area contributed by atoms with Crippen molar-refractivity contribution in [3.63, 3.8) is 0 Å². The van der Waals surface area contributed by atoms with Crippen molar-refractivity contribution in [1.82, 2.24) is 0 Å². The average molecular weight is 128 g/mol. The van der Waals surface area contributed by atoms with E-state index < -0.39 is 0 Å². The largest absolute Gasteiger partial charge is 0.0999 e. The van der Waals surface area contributed by atoms with Crippen LogP contribution in [0.1, 0.15) is 47.0 Å². The van der Waals surface area contributed by atoms with Gasteiger partial charge in [-0.2, -0.15) is 0 Å². The van der Waals surface area contributed by atoms with E-state index in [1.165, 1.54) is 31.3 Å². The molecule has 1 saturated carbocycles. The molecule has 1 fully saturated rings. The summed E-state index contributed by atoms with van der Waals surface area (Å²) in [5.74, 6) is 0. The quantitative estimate of drug-likeness (QED) is 0.435. The van der Waals surface area contributed by atoms with Crippen LogP contribution in [0.3, 0.4) is 0 Å². The van der Waals surface area contributed by atoms with Crippen molar-refractivity contribution in [2.45, 2.75) is 47.0 Å². The van der Waals surface area contributed by atoms with E-state index in [1.54, 1.807) is 0 Å². The Morgan fingerprint density at radius 2 is 1.44 bits per heavy atom. The summed E-state index contributed by atoms with van der Waals surface area (Å²) in [5, 5.41) is 0. The molecule has 0 aromatic carbocycles. The van der Waals surface area contributed by atoms with Gasteiger partial charge in [-0.1, -0.05) is 33.4 Å². The molecule has 56 valence electrons. The fourth-order valence-electron chi connectivity index (χ4n) is 0.875. The lowest BCUT2D eigenvalue weighted by atomic mass is 10.3.